The Bertz CT molecular complexity index is 707. The maximum absolute atomic E-state index is 4.56. The molecule has 2 heterocycles. The molecule has 115 valence electrons. The van der Waals surface area contributed by atoms with Crippen LogP contribution in [0.5, 0.6) is 0 Å². The summed E-state index contributed by atoms with van der Waals surface area (Å²) in [5.41, 5.74) is 3.60. The fraction of sp³-hybridized carbons (Fsp3) is 0.438. The van der Waals surface area contributed by atoms with Crippen molar-refractivity contribution in [2.75, 3.05) is 38.1 Å². The third kappa shape index (κ3) is 2.94. The summed E-state index contributed by atoms with van der Waals surface area (Å²) in [6.07, 6.45) is 1.68. The van der Waals surface area contributed by atoms with Crippen LogP contribution >= 0.6 is 0 Å². The Balaban J connectivity index is 1.88. The molecule has 1 aliphatic heterocycles. The van der Waals surface area contributed by atoms with Gasteiger partial charge in [0.25, 0.3) is 0 Å². The van der Waals surface area contributed by atoms with Crippen LogP contribution in [-0.2, 0) is 17.0 Å². The number of nitrogens with one attached hydrogen (secondary N) is 1. The van der Waals surface area contributed by atoms with E-state index in [0.717, 1.165) is 42.9 Å². The third-order valence-electron chi connectivity index (χ3n) is 4.33. The van der Waals surface area contributed by atoms with Crippen LogP contribution in [0.1, 0.15) is 11.1 Å². The van der Waals surface area contributed by atoms with Crippen LogP contribution in [-0.4, -0.2) is 52.6 Å². The van der Waals surface area contributed by atoms with Crippen molar-refractivity contribution in [3.63, 3.8) is 0 Å². The van der Waals surface area contributed by atoms with E-state index < -0.39 is 0 Å². The molecule has 2 aromatic rings. The van der Waals surface area contributed by atoms with E-state index in [2.05, 4.69) is 68.0 Å². The fourth-order valence-electron chi connectivity index (χ4n) is 2.84. The molecular formula is C16H21N5V. The van der Waals surface area contributed by atoms with E-state index in [0.29, 0.717) is 0 Å². The number of piperazine rings is 1. The van der Waals surface area contributed by atoms with Crippen molar-refractivity contribution in [3.8, 4) is 0 Å². The first-order chi connectivity index (χ1) is 10.6. The van der Waals surface area contributed by atoms with Gasteiger partial charge in [0.05, 0.1) is 0 Å². The van der Waals surface area contributed by atoms with E-state index in [-0.39, 0.29) is 0 Å². The molecule has 1 aromatic heterocycles. The van der Waals surface area contributed by atoms with Gasteiger partial charge in [-0.3, -0.25) is 0 Å². The Labute approximate surface area is 140 Å². The minimum atomic E-state index is 0.974. The zero-order valence-electron chi connectivity index (χ0n) is 13.3. The van der Waals surface area contributed by atoms with Gasteiger partial charge >= 0.3 is 140 Å². The number of fused-ring (bicyclic) bond motifs is 1. The van der Waals surface area contributed by atoms with Gasteiger partial charge in [-0.1, -0.05) is 0 Å². The van der Waals surface area contributed by atoms with Crippen LogP contribution in [0, 0.1) is 13.8 Å². The molecule has 1 N–H and O–H groups in total. The molecular weight excluding hydrogens is 313 g/mol. The average molecular weight is 334 g/mol. The Morgan fingerprint density at radius 3 is 2.45 bits per heavy atom. The van der Waals surface area contributed by atoms with E-state index in [9.17, 15) is 0 Å². The standard InChI is InChI=1S/C16H21N5.V/c1-12-8-14-15(9-13(12)2)18-10-19-16(14)21-6-4-20(5-7-21)11-17-3;/h8-10,17H,4-7H2,1-3H3;. The maximum atomic E-state index is 4.56. The van der Waals surface area contributed by atoms with Crippen molar-refractivity contribution < 1.29 is 17.0 Å². The van der Waals surface area contributed by atoms with E-state index in [1.165, 1.54) is 15.6 Å². The van der Waals surface area contributed by atoms with E-state index in [1.807, 2.05) is 7.05 Å². The van der Waals surface area contributed by atoms with Crippen molar-refractivity contribution >= 4 is 21.2 Å². The van der Waals surface area contributed by atoms with Crippen LogP contribution in [0.2, 0.25) is 0 Å². The first-order valence-electron chi connectivity index (χ1n) is 7.55. The van der Waals surface area contributed by atoms with Crippen LogP contribution < -0.4 is 10.2 Å². The second kappa shape index (κ2) is 6.46. The molecule has 1 aromatic carbocycles. The van der Waals surface area contributed by atoms with Gasteiger partial charge in [-0.25, -0.2) is 0 Å². The Morgan fingerprint density at radius 1 is 1.09 bits per heavy atom. The van der Waals surface area contributed by atoms with Crippen molar-refractivity contribution in [1.29, 1.82) is 0 Å². The predicted molar refractivity (Wildman–Crippen MR) is 86.9 cm³/mol. The molecule has 1 saturated heterocycles. The summed E-state index contributed by atoms with van der Waals surface area (Å²) in [7, 11) is 1.96. The van der Waals surface area contributed by atoms with E-state index in [4.69, 9.17) is 0 Å². The molecule has 6 heteroatoms. The SMILES string of the molecule is CN[C](=[V])N1CCN(c2ncnc3cc(C)c(C)cc23)CC1. The van der Waals surface area contributed by atoms with Crippen molar-refractivity contribution in [2.45, 2.75) is 13.8 Å². The quantitative estimate of drug-likeness (QED) is 0.915. The predicted octanol–water partition coefficient (Wildman–Crippen LogP) is 1.22. The summed E-state index contributed by atoms with van der Waals surface area (Å²) in [5, 5.41) is 4.36. The molecule has 1 aliphatic rings. The second-order valence-corrected chi connectivity index (χ2v) is 6.36. The van der Waals surface area contributed by atoms with Crippen molar-refractivity contribution in [2.24, 2.45) is 0 Å². The summed E-state index contributed by atoms with van der Waals surface area (Å²) >= 11 is 2.60. The molecule has 0 atom stereocenters. The molecule has 0 spiro atoms. The van der Waals surface area contributed by atoms with Crippen molar-refractivity contribution in [1.82, 2.24) is 20.2 Å². The number of hydrogen-bond donors (Lipinski definition) is 1. The van der Waals surface area contributed by atoms with Crippen LogP contribution in [0.15, 0.2) is 18.5 Å². The third-order valence-corrected chi connectivity index (χ3v) is 5.12. The first kappa shape index (κ1) is 15.6. The Hall–Kier alpha value is -1.27. The van der Waals surface area contributed by atoms with Crippen LogP contribution in [0.25, 0.3) is 10.9 Å². The number of hydrogen-bond acceptors (Lipinski definition) is 5. The summed E-state index contributed by atoms with van der Waals surface area (Å²) in [4.78, 5) is 13.7. The molecule has 0 saturated carbocycles. The first-order valence-corrected chi connectivity index (χ1v) is 8.25. The monoisotopic (exact) mass is 334 g/mol. The number of anilines is 1. The molecule has 0 bridgehead atoms. The number of aryl methyl sites for hydroxylation is 2. The molecule has 0 unspecified atom stereocenters. The molecule has 3 rings (SSSR count). The van der Waals surface area contributed by atoms with Gasteiger partial charge in [0.2, 0.25) is 0 Å². The van der Waals surface area contributed by atoms with Crippen LogP contribution in [0.3, 0.4) is 0 Å². The topological polar surface area (TPSA) is 44.3 Å². The van der Waals surface area contributed by atoms with Gasteiger partial charge in [-0.15, -0.1) is 0 Å². The van der Waals surface area contributed by atoms with E-state index >= 15 is 0 Å². The minimum absolute atomic E-state index is 0.974. The molecule has 5 nitrogen and oxygen atoms in total. The van der Waals surface area contributed by atoms with Gasteiger partial charge in [0.1, 0.15) is 0 Å². The Kier molecular flexibility index (Phi) is 4.59. The molecule has 0 radical (unpaired) electrons. The Morgan fingerprint density at radius 2 is 1.77 bits per heavy atom. The number of benzene rings is 1. The zero-order valence-corrected chi connectivity index (χ0v) is 14.7. The van der Waals surface area contributed by atoms with Gasteiger partial charge in [0.15, 0.2) is 0 Å². The zero-order chi connectivity index (χ0) is 15.7. The fourth-order valence-corrected chi connectivity index (χ4v) is 3.15. The number of aromatic nitrogens is 2. The summed E-state index contributed by atoms with van der Waals surface area (Å²) in [6, 6.07) is 4.37. The number of nitrogens with zero attached hydrogens (tertiary/aromatic N) is 4. The van der Waals surface area contributed by atoms with Gasteiger partial charge < -0.3 is 0 Å². The molecule has 0 amide bonds. The second-order valence-electron chi connectivity index (χ2n) is 5.70. The van der Waals surface area contributed by atoms with E-state index in [1.54, 1.807) is 6.33 Å². The van der Waals surface area contributed by atoms with Crippen LogP contribution in [0.4, 0.5) is 5.82 Å². The molecule has 0 aliphatic carbocycles. The molecule has 22 heavy (non-hydrogen) atoms. The number of rotatable bonds is 3. The summed E-state index contributed by atoms with van der Waals surface area (Å²) in [6.45, 7) is 8.23. The summed E-state index contributed by atoms with van der Waals surface area (Å²) < 4.78 is 1.17. The van der Waals surface area contributed by atoms with Crippen molar-refractivity contribution in [3.05, 3.63) is 29.6 Å². The molecule has 1 fully saturated rings. The van der Waals surface area contributed by atoms with Gasteiger partial charge in [-0.05, 0) is 0 Å². The normalized spacial score (nSPS) is 16.2. The van der Waals surface area contributed by atoms with Gasteiger partial charge in [-0.2, -0.15) is 0 Å². The van der Waals surface area contributed by atoms with Gasteiger partial charge in [0, 0.05) is 0 Å². The summed E-state index contributed by atoms with van der Waals surface area (Å²) in [5.74, 6) is 1.06. The average Bonchev–Trinajstić information content (AvgIpc) is 2.55.